The first kappa shape index (κ1) is 22.9. The standard InChI is InChI=1S/C27H35N5O2/c1-4-33-17-14-32-25-9-7-22(21(3)30-12-15-34-16-13-30)18-24(25)29-27(32)23-8-10-26(28-19-23)31-11-5-6-20(31)2/h7-10,18-20H,3-6,11-17H2,1-2H3/t20-/m0/s1. The largest absolute Gasteiger partial charge is 0.380 e. The second-order valence-electron chi connectivity index (χ2n) is 9.12. The van der Waals surface area contributed by atoms with E-state index in [1.54, 1.807) is 0 Å². The number of benzene rings is 1. The van der Waals surface area contributed by atoms with E-state index in [0.29, 0.717) is 19.3 Å². The molecule has 1 atom stereocenters. The van der Waals surface area contributed by atoms with Crippen molar-refractivity contribution in [3.05, 3.63) is 48.7 Å². The summed E-state index contributed by atoms with van der Waals surface area (Å²) in [6.07, 6.45) is 4.43. The fraction of sp³-hybridized carbons (Fsp3) is 0.481. The van der Waals surface area contributed by atoms with Crippen molar-refractivity contribution < 1.29 is 9.47 Å². The molecule has 180 valence electrons. The summed E-state index contributed by atoms with van der Waals surface area (Å²) in [7, 11) is 0. The van der Waals surface area contributed by atoms with E-state index in [2.05, 4.69) is 58.2 Å². The van der Waals surface area contributed by atoms with Gasteiger partial charge in [-0.2, -0.15) is 0 Å². The van der Waals surface area contributed by atoms with Gasteiger partial charge in [-0.25, -0.2) is 9.97 Å². The van der Waals surface area contributed by atoms with E-state index in [1.165, 1.54) is 12.8 Å². The average Bonchev–Trinajstić information content (AvgIpc) is 3.47. The summed E-state index contributed by atoms with van der Waals surface area (Å²) in [4.78, 5) is 14.6. The molecule has 0 saturated carbocycles. The van der Waals surface area contributed by atoms with Crippen molar-refractivity contribution in [2.24, 2.45) is 0 Å². The lowest BCUT2D eigenvalue weighted by Gasteiger charge is -2.30. The maximum absolute atomic E-state index is 5.68. The Balaban J connectivity index is 1.47. The highest BCUT2D eigenvalue weighted by Gasteiger charge is 2.22. The molecule has 0 N–H and O–H groups in total. The number of rotatable bonds is 8. The highest BCUT2D eigenvalue weighted by Crippen LogP contribution is 2.30. The summed E-state index contributed by atoms with van der Waals surface area (Å²) in [5.74, 6) is 1.98. The van der Waals surface area contributed by atoms with Crippen molar-refractivity contribution in [2.75, 3.05) is 51.0 Å². The Hall–Kier alpha value is -2.90. The van der Waals surface area contributed by atoms with Gasteiger partial charge in [-0.15, -0.1) is 0 Å². The number of imidazole rings is 1. The molecule has 2 aromatic heterocycles. The zero-order valence-electron chi connectivity index (χ0n) is 20.4. The summed E-state index contributed by atoms with van der Waals surface area (Å²) >= 11 is 0. The maximum Gasteiger partial charge on any atom is 0.142 e. The van der Waals surface area contributed by atoms with Gasteiger partial charge in [0.2, 0.25) is 0 Å². The second kappa shape index (κ2) is 10.2. The molecule has 2 aliphatic rings. The molecule has 2 saturated heterocycles. The summed E-state index contributed by atoms with van der Waals surface area (Å²) in [5, 5.41) is 0. The van der Waals surface area contributed by atoms with Crippen LogP contribution >= 0.6 is 0 Å². The highest BCUT2D eigenvalue weighted by atomic mass is 16.5. The third kappa shape index (κ3) is 4.55. The summed E-state index contributed by atoms with van der Waals surface area (Å²) in [6.45, 7) is 15.1. The lowest BCUT2D eigenvalue weighted by Crippen LogP contribution is -2.34. The van der Waals surface area contributed by atoms with Crippen molar-refractivity contribution >= 4 is 22.5 Å². The number of fused-ring (bicyclic) bond motifs is 1. The van der Waals surface area contributed by atoms with Gasteiger partial charge in [-0.05, 0) is 56.5 Å². The summed E-state index contributed by atoms with van der Waals surface area (Å²) < 4.78 is 13.4. The quantitative estimate of drug-likeness (QED) is 0.463. The molecule has 5 rings (SSSR count). The Morgan fingerprint density at radius 1 is 1.18 bits per heavy atom. The number of aromatic nitrogens is 3. The second-order valence-corrected chi connectivity index (χ2v) is 9.12. The number of hydrogen-bond donors (Lipinski definition) is 0. The number of nitrogens with zero attached hydrogens (tertiary/aromatic N) is 5. The molecule has 4 heterocycles. The van der Waals surface area contributed by atoms with Crippen molar-refractivity contribution in [1.29, 1.82) is 0 Å². The minimum Gasteiger partial charge on any atom is -0.380 e. The Bertz CT molecular complexity index is 1130. The van der Waals surface area contributed by atoms with E-state index < -0.39 is 0 Å². The van der Waals surface area contributed by atoms with Gasteiger partial charge in [0.25, 0.3) is 0 Å². The molecule has 0 aliphatic carbocycles. The van der Waals surface area contributed by atoms with Gasteiger partial charge in [0, 0.05) is 56.3 Å². The fourth-order valence-electron chi connectivity index (χ4n) is 5.03. The van der Waals surface area contributed by atoms with Crippen LogP contribution in [0.1, 0.15) is 32.3 Å². The topological polar surface area (TPSA) is 55.7 Å². The Morgan fingerprint density at radius 2 is 2.03 bits per heavy atom. The van der Waals surface area contributed by atoms with Crippen LogP contribution in [0.25, 0.3) is 28.1 Å². The fourth-order valence-corrected chi connectivity index (χ4v) is 5.03. The molecule has 3 aromatic rings. The van der Waals surface area contributed by atoms with E-state index in [0.717, 1.165) is 78.9 Å². The van der Waals surface area contributed by atoms with Crippen LogP contribution in [-0.2, 0) is 16.0 Å². The predicted molar refractivity (Wildman–Crippen MR) is 137 cm³/mol. The highest BCUT2D eigenvalue weighted by molar-refractivity contribution is 5.84. The van der Waals surface area contributed by atoms with Crippen LogP contribution in [0.3, 0.4) is 0 Å². The molecule has 7 nitrogen and oxygen atoms in total. The average molecular weight is 462 g/mol. The lowest BCUT2D eigenvalue weighted by atomic mass is 10.1. The Kier molecular flexibility index (Phi) is 6.83. The van der Waals surface area contributed by atoms with Crippen molar-refractivity contribution in [3.63, 3.8) is 0 Å². The minimum atomic E-state index is 0.548. The SMILES string of the molecule is C=C(c1ccc2c(c1)nc(-c1ccc(N3CCC[C@@H]3C)nc1)n2CCOCC)N1CCOCC1. The number of ether oxygens (including phenoxy) is 2. The predicted octanol–water partition coefficient (Wildman–Crippen LogP) is 4.43. The molecule has 0 radical (unpaired) electrons. The van der Waals surface area contributed by atoms with Gasteiger partial charge < -0.3 is 23.8 Å². The molecule has 0 unspecified atom stereocenters. The third-order valence-corrected chi connectivity index (χ3v) is 6.99. The zero-order chi connectivity index (χ0) is 23.5. The number of morpholine rings is 1. The van der Waals surface area contributed by atoms with Gasteiger partial charge in [-0.1, -0.05) is 12.6 Å². The molecule has 0 amide bonds. The monoisotopic (exact) mass is 461 g/mol. The van der Waals surface area contributed by atoms with Crippen molar-refractivity contribution in [1.82, 2.24) is 19.4 Å². The summed E-state index contributed by atoms with van der Waals surface area (Å²) in [6, 6.07) is 11.3. The first-order valence-electron chi connectivity index (χ1n) is 12.5. The molecule has 0 bridgehead atoms. The van der Waals surface area contributed by atoms with E-state index in [9.17, 15) is 0 Å². The first-order valence-corrected chi connectivity index (χ1v) is 12.5. The van der Waals surface area contributed by atoms with Crippen LogP contribution in [-0.4, -0.2) is 71.5 Å². The van der Waals surface area contributed by atoms with Crippen LogP contribution in [0.5, 0.6) is 0 Å². The summed E-state index contributed by atoms with van der Waals surface area (Å²) in [5.41, 5.74) is 5.23. The molecule has 0 spiro atoms. The van der Waals surface area contributed by atoms with Crippen molar-refractivity contribution in [3.8, 4) is 11.4 Å². The molecule has 7 heteroatoms. The molecule has 2 fully saturated rings. The van der Waals surface area contributed by atoms with E-state index in [4.69, 9.17) is 19.4 Å². The Labute approximate surface area is 202 Å². The van der Waals surface area contributed by atoms with E-state index in [1.807, 2.05) is 13.1 Å². The van der Waals surface area contributed by atoms with Crippen molar-refractivity contribution in [2.45, 2.75) is 39.3 Å². The Morgan fingerprint density at radius 3 is 2.74 bits per heavy atom. The minimum absolute atomic E-state index is 0.548. The molecular weight excluding hydrogens is 426 g/mol. The molecule has 34 heavy (non-hydrogen) atoms. The van der Waals surface area contributed by atoms with Crippen LogP contribution in [0, 0.1) is 0 Å². The van der Waals surface area contributed by atoms with Gasteiger partial charge >= 0.3 is 0 Å². The number of anilines is 1. The van der Waals surface area contributed by atoms with Gasteiger partial charge in [-0.3, -0.25) is 0 Å². The third-order valence-electron chi connectivity index (χ3n) is 6.99. The normalized spacial score (nSPS) is 18.7. The van der Waals surface area contributed by atoms with Gasteiger partial charge in [0.1, 0.15) is 11.6 Å². The van der Waals surface area contributed by atoms with Gasteiger partial charge in [0.05, 0.1) is 30.9 Å². The molecular formula is C27H35N5O2. The van der Waals surface area contributed by atoms with Crippen LogP contribution in [0.2, 0.25) is 0 Å². The zero-order valence-corrected chi connectivity index (χ0v) is 20.4. The maximum atomic E-state index is 5.68. The smallest absolute Gasteiger partial charge is 0.142 e. The number of pyridine rings is 1. The van der Waals surface area contributed by atoms with E-state index >= 15 is 0 Å². The molecule has 1 aromatic carbocycles. The van der Waals surface area contributed by atoms with Crippen LogP contribution in [0.15, 0.2) is 43.1 Å². The van der Waals surface area contributed by atoms with Crippen LogP contribution in [0.4, 0.5) is 5.82 Å². The van der Waals surface area contributed by atoms with Crippen LogP contribution < -0.4 is 4.90 Å². The lowest BCUT2D eigenvalue weighted by molar-refractivity contribution is 0.0641. The van der Waals surface area contributed by atoms with Gasteiger partial charge in [0.15, 0.2) is 0 Å². The first-order chi connectivity index (χ1) is 16.7. The number of hydrogen-bond acceptors (Lipinski definition) is 6. The molecule has 2 aliphatic heterocycles. The van der Waals surface area contributed by atoms with E-state index in [-0.39, 0.29) is 0 Å².